The molecule has 5 nitrogen and oxygen atoms in total. The summed E-state index contributed by atoms with van der Waals surface area (Å²) in [6, 6.07) is 4.03. The van der Waals surface area contributed by atoms with Crippen LogP contribution in [0.1, 0.15) is 25.8 Å². The van der Waals surface area contributed by atoms with E-state index in [2.05, 4.69) is 26.1 Å². The third-order valence-electron chi connectivity index (χ3n) is 3.94. The quantitative estimate of drug-likeness (QED) is 0.645. The van der Waals surface area contributed by atoms with Gasteiger partial charge in [0.1, 0.15) is 0 Å². The van der Waals surface area contributed by atoms with Crippen molar-refractivity contribution >= 4 is 15.9 Å². The Morgan fingerprint density at radius 2 is 2.00 bits per heavy atom. The molecular formula is C18H29BrN2O3. The molecule has 1 saturated heterocycles. The molecule has 0 aliphatic carbocycles. The molecule has 0 saturated carbocycles. The number of hydrogen-bond donors (Lipinski definition) is 1. The minimum absolute atomic E-state index is 0.120. The Bertz CT molecular complexity index is 505. The van der Waals surface area contributed by atoms with Crippen molar-refractivity contribution in [1.29, 1.82) is 0 Å². The Labute approximate surface area is 153 Å². The number of hydrogen-bond acceptors (Lipinski definition) is 5. The topological polar surface area (TPSA) is 43.0 Å². The monoisotopic (exact) mass is 400 g/mol. The number of halogens is 1. The van der Waals surface area contributed by atoms with Gasteiger partial charge < -0.3 is 19.5 Å². The van der Waals surface area contributed by atoms with Crippen molar-refractivity contribution in [3.8, 4) is 11.5 Å². The van der Waals surface area contributed by atoms with E-state index < -0.39 is 0 Å². The predicted molar refractivity (Wildman–Crippen MR) is 100 cm³/mol. The van der Waals surface area contributed by atoms with Crippen LogP contribution < -0.4 is 14.8 Å². The van der Waals surface area contributed by atoms with Crippen LogP contribution in [0.3, 0.4) is 0 Å². The smallest absolute Gasteiger partial charge is 0.162 e. The SMILES string of the molecule is COc1cc(CNCCCN2CCOCC2)c(Br)cc1OC(C)C. The normalized spacial score (nSPS) is 15.7. The lowest BCUT2D eigenvalue weighted by Crippen LogP contribution is -2.37. The minimum atomic E-state index is 0.120. The second-order valence-corrected chi connectivity index (χ2v) is 7.10. The Morgan fingerprint density at radius 1 is 1.25 bits per heavy atom. The van der Waals surface area contributed by atoms with Crippen molar-refractivity contribution < 1.29 is 14.2 Å². The summed E-state index contributed by atoms with van der Waals surface area (Å²) in [4.78, 5) is 2.46. The molecule has 6 heteroatoms. The van der Waals surface area contributed by atoms with Gasteiger partial charge in [0.25, 0.3) is 0 Å². The Hall–Kier alpha value is -0.820. The summed E-state index contributed by atoms with van der Waals surface area (Å²) in [5.41, 5.74) is 1.18. The number of morpholine rings is 1. The Morgan fingerprint density at radius 3 is 2.67 bits per heavy atom. The molecule has 2 rings (SSSR count). The molecular weight excluding hydrogens is 372 g/mol. The van der Waals surface area contributed by atoms with Gasteiger partial charge in [0.05, 0.1) is 26.4 Å². The zero-order valence-corrected chi connectivity index (χ0v) is 16.5. The average Bonchev–Trinajstić information content (AvgIpc) is 2.56. The van der Waals surface area contributed by atoms with Crippen molar-refractivity contribution in [2.24, 2.45) is 0 Å². The molecule has 0 aromatic heterocycles. The lowest BCUT2D eigenvalue weighted by Gasteiger charge is -2.26. The molecule has 0 radical (unpaired) electrons. The summed E-state index contributed by atoms with van der Waals surface area (Å²) in [5.74, 6) is 1.55. The van der Waals surface area contributed by atoms with Crippen LogP contribution in [0, 0.1) is 0 Å². The Kier molecular flexibility index (Phi) is 8.32. The molecule has 0 atom stereocenters. The third kappa shape index (κ3) is 6.24. The largest absolute Gasteiger partial charge is 0.493 e. The number of benzene rings is 1. The van der Waals surface area contributed by atoms with E-state index in [0.717, 1.165) is 68.3 Å². The standard InChI is InChI=1S/C18H29BrN2O3/c1-14(2)24-18-12-16(19)15(11-17(18)22-3)13-20-5-4-6-21-7-9-23-10-8-21/h11-12,14,20H,4-10,13H2,1-3H3. The number of nitrogens with one attached hydrogen (secondary N) is 1. The molecule has 1 fully saturated rings. The van der Waals surface area contributed by atoms with Crippen molar-refractivity contribution in [2.45, 2.75) is 32.9 Å². The highest BCUT2D eigenvalue weighted by atomic mass is 79.9. The summed E-state index contributed by atoms with van der Waals surface area (Å²) in [5, 5.41) is 3.51. The fourth-order valence-corrected chi connectivity index (χ4v) is 3.16. The summed E-state index contributed by atoms with van der Waals surface area (Å²) in [7, 11) is 1.68. The fourth-order valence-electron chi connectivity index (χ4n) is 2.69. The van der Waals surface area contributed by atoms with Crippen LogP contribution in [0.5, 0.6) is 11.5 Å². The van der Waals surface area contributed by atoms with E-state index in [1.54, 1.807) is 7.11 Å². The number of methoxy groups -OCH3 is 1. The maximum atomic E-state index is 5.79. The van der Waals surface area contributed by atoms with Gasteiger partial charge in [-0.2, -0.15) is 0 Å². The van der Waals surface area contributed by atoms with E-state index in [0.29, 0.717) is 0 Å². The molecule has 0 amide bonds. The highest BCUT2D eigenvalue weighted by Crippen LogP contribution is 2.34. The lowest BCUT2D eigenvalue weighted by molar-refractivity contribution is 0.0374. The molecule has 1 aliphatic rings. The first kappa shape index (κ1) is 19.5. The molecule has 1 aliphatic heterocycles. The van der Waals surface area contributed by atoms with Crippen molar-refractivity contribution in [3.05, 3.63) is 22.2 Å². The molecule has 1 N–H and O–H groups in total. The summed E-state index contributed by atoms with van der Waals surface area (Å²) in [6.45, 7) is 10.8. The minimum Gasteiger partial charge on any atom is -0.493 e. The van der Waals surface area contributed by atoms with Gasteiger partial charge in [-0.05, 0) is 51.1 Å². The average molecular weight is 401 g/mol. The zero-order chi connectivity index (χ0) is 17.4. The maximum Gasteiger partial charge on any atom is 0.162 e. The number of nitrogens with zero attached hydrogens (tertiary/aromatic N) is 1. The van der Waals surface area contributed by atoms with Crippen LogP contribution in [0.4, 0.5) is 0 Å². The molecule has 136 valence electrons. The number of ether oxygens (including phenoxy) is 3. The van der Waals surface area contributed by atoms with Crippen LogP contribution in [0.2, 0.25) is 0 Å². The number of rotatable bonds is 9. The second-order valence-electron chi connectivity index (χ2n) is 6.25. The predicted octanol–water partition coefficient (Wildman–Crippen LogP) is 3.06. The van der Waals surface area contributed by atoms with Gasteiger partial charge >= 0.3 is 0 Å². The first-order chi connectivity index (χ1) is 11.6. The molecule has 1 heterocycles. The van der Waals surface area contributed by atoms with Crippen molar-refractivity contribution in [3.63, 3.8) is 0 Å². The Balaban J connectivity index is 1.79. The van der Waals surface area contributed by atoms with Crippen LogP contribution in [0.15, 0.2) is 16.6 Å². The van der Waals surface area contributed by atoms with E-state index in [1.807, 2.05) is 26.0 Å². The van der Waals surface area contributed by atoms with E-state index in [1.165, 1.54) is 5.56 Å². The van der Waals surface area contributed by atoms with Gasteiger partial charge in [0.2, 0.25) is 0 Å². The summed E-state index contributed by atoms with van der Waals surface area (Å²) in [6.07, 6.45) is 1.26. The zero-order valence-electron chi connectivity index (χ0n) is 14.9. The van der Waals surface area contributed by atoms with Crippen LogP contribution in [-0.4, -0.2) is 57.5 Å². The highest BCUT2D eigenvalue weighted by Gasteiger charge is 2.12. The van der Waals surface area contributed by atoms with Crippen LogP contribution in [-0.2, 0) is 11.3 Å². The molecule has 0 unspecified atom stereocenters. The highest BCUT2D eigenvalue weighted by molar-refractivity contribution is 9.10. The van der Waals surface area contributed by atoms with Crippen molar-refractivity contribution in [2.75, 3.05) is 46.5 Å². The maximum absolute atomic E-state index is 5.79. The van der Waals surface area contributed by atoms with Gasteiger partial charge in [-0.15, -0.1) is 0 Å². The molecule has 24 heavy (non-hydrogen) atoms. The van der Waals surface area contributed by atoms with Crippen molar-refractivity contribution in [1.82, 2.24) is 10.2 Å². The van der Waals surface area contributed by atoms with E-state index >= 15 is 0 Å². The second kappa shape index (κ2) is 10.2. The van der Waals surface area contributed by atoms with Gasteiger partial charge in [-0.3, -0.25) is 4.90 Å². The first-order valence-electron chi connectivity index (χ1n) is 8.64. The summed E-state index contributed by atoms with van der Waals surface area (Å²) >= 11 is 3.63. The lowest BCUT2D eigenvalue weighted by atomic mass is 10.2. The molecule has 0 spiro atoms. The fraction of sp³-hybridized carbons (Fsp3) is 0.667. The van der Waals surface area contributed by atoms with Gasteiger partial charge in [0, 0.05) is 24.1 Å². The summed E-state index contributed by atoms with van der Waals surface area (Å²) < 4.78 is 17.7. The van der Waals surface area contributed by atoms with Gasteiger partial charge in [-0.1, -0.05) is 15.9 Å². The van der Waals surface area contributed by atoms with Gasteiger partial charge in [0.15, 0.2) is 11.5 Å². The molecule has 0 bridgehead atoms. The van der Waals surface area contributed by atoms with E-state index in [4.69, 9.17) is 14.2 Å². The van der Waals surface area contributed by atoms with Crippen LogP contribution in [0.25, 0.3) is 0 Å². The first-order valence-corrected chi connectivity index (χ1v) is 9.43. The van der Waals surface area contributed by atoms with Gasteiger partial charge in [-0.25, -0.2) is 0 Å². The van der Waals surface area contributed by atoms with E-state index in [9.17, 15) is 0 Å². The third-order valence-corrected chi connectivity index (χ3v) is 4.68. The molecule has 1 aromatic rings. The molecule has 1 aromatic carbocycles. The van der Waals surface area contributed by atoms with E-state index in [-0.39, 0.29) is 6.10 Å². The van der Waals surface area contributed by atoms with Crippen LogP contribution >= 0.6 is 15.9 Å².